The fourth-order valence-electron chi connectivity index (χ4n) is 1.09. The minimum Gasteiger partial charge on any atom is -0.442 e. The third-order valence-corrected chi connectivity index (χ3v) is 2.83. The molecule has 0 aromatic carbocycles. The third-order valence-electron chi connectivity index (χ3n) is 1.99. The van der Waals surface area contributed by atoms with Crippen LogP contribution < -0.4 is 5.73 Å². The molecule has 0 fully saturated rings. The molecule has 1 aromatic rings. The van der Waals surface area contributed by atoms with E-state index in [-0.39, 0.29) is 12.7 Å². The highest BCUT2D eigenvalue weighted by Gasteiger charge is 1.96. The van der Waals surface area contributed by atoms with E-state index in [1.165, 1.54) is 6.20 Å². The van der Waals surface area contributed by atoms with Gasteiger partial charge in [-0.25, -0.2) is 4.99 Å². The van der Waals surface area contributed by atoms with E-state index in [0.29, 0.717) is 12.1 Å². The number of thiophene rings is 1. The van der Waals surface area contributed by atoms with Crippen molar-refractivity contribution in [3.8, 4) is 0 Å². The number of ether oxygens (including phenoxy) is 1. The standard InChI is InChI=1S/C13H16N2O2S/c1-2-13(16)17-10-15-11(7-8-14)5-6-12-4-3-9-18-12/h3-9H,2,10,14H2,1H3/b6-5+,8-7-,15-11+. The van der Waals surface area contributed by atoms with Crippen LogP contribution in [-0.4, -0.2) is 18.4 Å². The van der Waals surface area contributed by atoms with Crippen LogP contribution in [0, 0.1) is 0 Å². The Kier molecular flexibility index (Phi) is 6.50. The second-order valence-electron chi connectivity index (χ2n) is 3.29. The Morgan fingerprint density at radius 2 is 2.39 bits per heavy atom. The lowest BCUT2D eigenvalue weighted by molar-refractivity contribution is -0.142. The minimum atomic E-state index is -0.267. The predicted molar refractivity (Wildman–Crippen MR) is 75.4 cm³/mol. The Labute approximate surface area is 110 Å². The molecule has 96 valence electrons. The van der Waals surface area contributed by atoms with Crippen molar-refractivity contribution in [3.05, 3.63) is 40.7 Å². The summed E-state index contributed by atoms with van der Waals surface area (Å²) in [5, 5.41) is 2.00. The molecule has 0 saturated carbocycles. The smallest absolute Gasteiger partial charge is 0.307 e. The van der Waals surface area contributed by atoms with Crippen LogP contribution in [0.3, 0.4) is 0 Å². The molecule has 0 amide bonds. The van der Waals surface area contributed by atoms with Gasteiger partial charge in [-0.3, -0.25) is 4.79 Å². The quantitative estimate of drug-likeness (QED) is 0.634. The number of nitrogens with two attached hydrogens (primary N) is 1. The Hall–Kier alpha value is -1.88. The first kappa shape index (κ1) is 14.2. The van der Waals surface area contributed by atoms with Crippen molar-refractivity contribution < 1.29 is 9.53 Å². The lowest BCUT2D eigenvalue weighted by Crippen LogP contribution is -2.03. The zero-order valence-electron chi connectivity index (χ0n) is 10.2. The molecular formula is C13H16N2O2S. The van der Waals surface area contributed by atoms with Crippen LogP contribution >= 0.6 is 11.3 Å². The van der Waals surface area contributed by atoms with Crippen LogP contribution in [0.4, 0.5) is 0 Å². The lowest BCUT2D eigenvalue weighted by atomic mass is 10.3. The summed E-state index contributed by atoms with van der Waals surface area (Å²) in [6, 6.07) is 3.98. The normalized spacial score (nSPS) is 12.4. The van der Waals surface area contributed by atoms with Crippen molar-refractivity contribution in [2.75, 3.05) is 6.73 Å². The molecule has 4 nitrogen and oxygen atoms in total. The molecule has 0 unspecified atom stereocenters. The number of allylic oxidation sites excluding steroid dienone is 2. The lowest BCUT2D eigenvalue weighted by Gasteiger charge is -1.99. The summed E-state index contributed by atoms with van der Waals surface area (Å²) in [7, 11) is 0. The van der Waals surface area contributed by atoms with Crippen LogP contribution in [0.5, 0.6) is 0 Å². The van der Waals surface area contributed by atoms with Gasteiger partial charge in [-0.1, -0.05) is 13.0 Å². The Bertz CT molecular complexity index is 448. The van der Waals surface area contributed by atoms with Crippen LogP contribution in [0.2, 0.25) is 0 Å². The fourth-order valence-corrected chi connectivity index (χ4v) is 1.71. The average Bonchev–Trinajstić information content (AvgIpc) is 2.88. The van der Waals surface area contributed by atoms with Gasteiger partial charge in [-0.15, -0.1) is 11.3 Å². The number of nitrogens with zero attached hydrogens (tertiary/aromatic N) is 1. The maximum Gasteiger partial charge on any atom is 0.307 e. The maximum atomic E-state index is 10.9. The molecule has 0 bridgehead atoms. The van der Waals surface area contributed by atoms with Gasteiger partial charge in [0.25, 0.3) is 0 Å². The second-order valence-corrected chi connectivity index (χ2v) is 4.27. The predicted octanol–water partition coefficient (Wildman–Crippen LogP) is 2.59. The van der Waals surface area contributed by atoms with Crippen molar-refractivity contribution in [1.82, 2.24) is 0 Å². The van der Waals surface area contributed by atoms with E-state index < -0.39 is 0 Å². The van der Waals surface area contributed by atoms with Crippen LogP contribution in [0.25, 0.3) is 6.08 Å². The fraction of sp³-hybridized carbons (Fsp3) is 0.231. The second kappa shape index (κ2) is 8.25. The maximum absolute atomic E-state index is 10.9. The van der Waals surface area contributed by atoms with Crippen LogP contribution in [0.15, 0.2) is 40.9 Å². The van der Waals surface area contributed by atoms with Crippen molar-refractivity contribution in [2.45, 2.75) is 13.3 Å². The van der Waals surface area contributed by atoms with Gasteiger partial charge in [0.05, 0.1) is 5.71 Å². The van der Waals surface area contributed by atoms with E-state index in [9.17, 15) is 4.79 Å². The summed E-state index contributed by atoms with van der Waals surface area (Å²) in [5.41, 5.74) is 6.00. The van der Waals surface area contributed by atoms with Gasteiger partial charge in [0.2, 0.25) is 0 Å². The van der Waals surface area contributed by atoms with Gasteiger partial charge in [0, 0.05) is 11.3 Å². The summed E-state index contributed by atoms with van der Waals surface area (Å²) in [4.78, 5) is 16.2. The Balaban J connectivity index is 2.59. The Morgan fingerprint density at radius 1 is 1.56 bits per heavy atom. The van der Waals surface area contributed by atoms with Gasteiger partial charge in [-0.2, -0.15) is 0 Å². The first-order valence-electron chi connectivity index (χ1n) is 5.56. The van der Waals surface area contributed by atoms with E-state index >= 15 is 0 Å². The molecule has 0 atom stereocenters. The highest BCUT2D eigenvalue weighted by Crippen LogP contribution is 2.10. The van der Waals surface area contributed by atoms with E-state index in [1.54, 1.807) is 24.3 Å². The highest BCUT2D eigenvalue weighted by atomic mass is 32.1. The molecule has 0 aliphatic rings. The third kappa shape index (κ3) is 5.45. The van der Waals surface area contributed by atoms with Gasteiger partial charge < -0.3 is 10.5 Å². The van der Waals surface area contributed by atoms with Crippen molar-refractivity contribution in [1.29, 1.82) is 0 Å². The molecule has 2 N–H and O–H groups in total. The summed E-state index contributed by atoms with van der Waals surface area (Å²) >= 11 is 1.63. The Morgan fingerprint density at radius 3 is 3.00 bits per heavy atom. The number of carbonyl (C=O) groups is 1. The van der Waals surface area contributed by atoms with Gasteiger partial charge in [-0.05, 0) is 35.9 Å². The zero-order valence-corrected chi connectivity index (χ0v) is 11.0. The van der Waals surface area contributed by atoms with E-state index in [4.69, 9.17) is 10.5 Å². The van der Waals surface area contributed by atoms with Gasteiger partial charge in [0.1, 0.15) is 0 Å². The van der Waals surface area contributed by atoms with E-state index in [1.807, 2.05) is 29.7 Å². The first-order valence-corrected chi connectivity index (χ1v) is 6.44. The van der Waals surface area contributed by atoms with E-state index in [2.05, 4.69) is 4.99 Å². The molecule has 0 spiro atoms. The summed E-state index contributed by atoms with van der Waals surface area (Å²) in [6.07, 6.45) is 7.17. The molecule has 1 rings (SSSR count). The highest BCUT2D eigenvalue weighted by molar-refractivity contribution is 7.10. The van der Waals surface area contributed by atoms with Gasteiger partial charge in [0.15, 0.2) is 6.73 Å². The molecule has 1 heterocycles. The molecule has 1 aromatic heterocycles. The number of hydrogen-bond acceptors (Lipinski definition) is 5. The molecule has 0 aliphatic carbocycles. The minimum absolute atomic E-state index is 0.0150. The monoisotopic (exact) mass is 264 g/mol. The number of esters is 1. The molecular weight excluding hydrogens is 248 g/mol. The molecule has 0 aliphatic heterocycles. The molecule has 18 heavy (non-hydrogen) atoms. The SMILES string of the molecule is CCC(=O)OC/N=C(/C=C\N)\C=C\c1cccs1. The first-order chi connectivity index (χ1) is 8.76. The number of rotatable bonds is 6. The zero-order chi connectivity index (χ0) is 13.2. The number of aliphatic imine (C=N–C) groups is 1. The number of hydrogen-bond donors (Lipinski definition) is 1. The average molecular weight is 264 g/mol. The van der Waals surface area contributed by atoms with Crippen molar-refractivity contribution in [2.24, 2.45) is 10.7 Å². The topological polar surface area (TPSA) is 64.7 Å². The summed E-state index contributed by atoms with van der Waals surface area (Å²) in [5.74, 6) is -0.267. The van der Waals surface area contributed by atoms with E-state index in [0.717, 1.165) is 4.88 Å². The molecule has 0 saturated heterocycles. The van der Waals surface area contributed by atoms with Crippen molar-refractivity contribution in [3.63, 3.8) is 0 Å². The van der Waals surface area contributed by atoms with Crippen molar-refractivity contribution >= 4 is 29.1 Å². The van der Waals surface area contributed by atoms with Gasteiger partial charge >= 0.3 is 5.97 Å². The van der Waals surface area contributed by atoms with Crippen LogP contribution in [-0.2, 0) is 9.53 Å². The summed E-state index contributed by atoms with van der Waals surface area (Å²) < 4.78 is 4.87. The molecule has 5 heteroatoms. The van der Waals surface area contributed by atoms with Crippen LogP contribution in [0.1, 0.15) is 18.2 Å². The largest absolute Gasteiger partial charge is 0.442 e. The number of carbonyl (C=O) groups excluding carboxylic acids is 1. The molecule has 0 radical (unpaired) electrons. The summed E-state index contributed by atoms with van der Waals surface area (Å²) in [6.45, 7) is 1.75.